The van der Waals surface area contributed by atoms with Gasteiger partial charge in [-0.15, -0.1) is 0 Å². The number of phenolic OH excluding ortho intramolecular Hbond substituents is 2. The van der Waals surface area contributed by atoms with Crippen molar-refractivity contribution in [2.75, 3.05) is 6.54 Å². The molecule has 0 spiro atoms. The molecule has 5 nitrogen and oxygen atoms in total. The molecule has 2 fully saturated rings. The number of alkyl halides is 1. The molecule has 2 aliphatic carbocycles. The number of ketones is 1. The summed E-state index contributed by atoms with van der Waals surface area (Å²) in [7, 11) is 0. The van der Waals surface area contributed by atoms with Crippen LogP contribution in [0.1, 0.15) is 44.2 Å². The Hall–Kier alpha value is -1.11. The maximum atomic E-state index is 12.4. The second kappa shape index (κ2) is 6.00. The summed E-state index contributed by atoms with van der Waals surface area (Å²) < 4.78 is 0. The highest BCUT2D eigenvalue weighted by molar-refractivity contribution is 9.10. The number of benzene rings is 1. The van der Waals surface area contributed by atoms with Crippen molar-refractivity contribution in [3.05, 3.63) is 23.3 Å². The van der Waals surface area contributed by atoms with E-state index < -0.39 is 15.8 Å². The van der Waals surface area contributed by atoms with Gasteiger partial charge in [0, 0.05) is 18.0 Å². The Morgan fingerprint density at radius 2 is 1.96 bits per heavy atom. The molecule has 2 bridgehead atoms. The van der Waals surface area contributed by atoms with E-state index in [0.29, 0.717) is 37.8 Å². The van der Waals surface area contributed by atoms with E-state index in [0.717, 1.165) is 5.56 Å². The fourth-order valence-electron chi connectivity index (χ4n) is 4.82. The van der Waals surface area contributed by atoms with Crippen molar-refractivity contribution in [3.8, 4) is 11.5 Å². The van der Waals surface area contributed by atoms with Crippen LogP contribution in [0.15, 0.2) is 12.1 Å². The Bertz CT molecular complexity index is 679. The van der Waals surface area contributed by atoms with Crippen LogP contribution in [-0.4, -0.2) is 44.1 Å². The first-order chi connectivity index (χ1) is 11.4. The minimum Gasteiger partial charge on any atom is -0.504 e. The van der Waals surface area contributed by atoms with Crippen LogP contribution in [0.2, 0.25) is 0 Å². The van der Waals surface area contributed by atoms with Gasteiger partial charge in [0.05, 0.1) is 15.8 Å². The molecule has 4 rings (SSSR count). The summed E-state index contributed by atoms with van der Waals surface area (Å²) >= 11 is 3.51. The van der Waals surface area contributed by atoms with Gasteiger partial charge < -0.3 is 20.6 Å². The Morgan fingerprint density at radius 3 is 2.67 bits per heavy atom. The number of fused-ring (bicyclic) bond motifs is 1. The number of phenols is 2. The van der Waals surface area contributed by atoms with Crippen LogP contribution in [0, 0.1) is 0 Å². The average Bonchev–Trinajstić information content (AvgIpc) is 2.57. The van der Waals surface area contributed by atoms with Gasteiger partial charge >= 0.3 is 0 Å². The van der Waals surface area contributed by atoms with Gasteiger partial charge in [-0.1, -0.05) is 35.8 Å². The Kier molecular flexibility index (Phi) is 4.43. The third-order valence-electron chi connectivity index (χ3n) is 5.84. The van der Waals surface area contributed by atoms with Crippen molar-refractivity contribution in [3.63, 3.8) is 0 Å². The van der Waals surface area contributed by atoms with Crippen LogP contribution in [0.5, 0.6) is 11.5 Å². The number of carbonyl (C=O) groups excluding carboxylic acids is 1. The number of carbonyl (C=O) groups is 1. The second-order valence-electron chi connectivity index (χ2n) is 6.65. The molecule has 24 heavy (non-hydrogen) atoms. The summed E-state index contributed by atoms with van der Waals surface area (Å²) in [6.45, 7) is 4.66. The SMILES string of the molecule is CC.O=C1CCC2(O)C3Cc4ccc(O)c(O)c4C2(CCN3)C1Br. The fraction of sp³-hybridized carbons (Fsp3) is 0.611. The highest BCUT2D eigenvalue weighted by Crippen LogP contribution is 2.60. The number of aromatic hydroxyl groups is 2. The van der Waals surface area contributed by atoms with Gasteiger partial charge in [0.1, 0.15) is 5.78 Å². The third-order valence-corrected chi connectivity index (χ3v) is 7.13. The average molecular weight is 398 g/mol. The zero-order valence-electron chi connectivity index (χ0n) is 14.0. The summed E-state index contributed by atoms with van der Waals surface area (Å²) in [5.41, 5.74) is -0.570. The molecule has 132 valence electrons. The largest absolute Gasteiger partial charge is 0.504 e. The van der Waals surface area contributed by atoms with Crippen molar-refractivity contribution in [1.29, 1.82) is 0 Å². The first-order valence-electron chi connectivity index (χ1n) is 8.58. The predicted molar refractivity (Wildman–Crippen MR) is 94.8 cm³/mol. The van der Waals surface area contributed by atoms with E-state index in [9.17, 15) is 20.1 Å². The maximum absolute atomic E-state index is 12.4. The van der Waals surface area contributed by atoms with Crippen molar-refractivity contribution < 1.29 is 20.1 Å². The van der Waals surface area contributed by atoms with Crippen molar-refractivity contribution >= 4 is 21.7 Å². The molecule has 0 aromatic heterocycles. The topological polar surface area (TPSA) is 89.8 Å². The summed E-state index contributed by atoms with van der Waals surface area (Å²) in [6, 6.07) is 3.11. The van der Waals surface area contributed by atoms with Crippen molar-refractivity contribution in [2.45, 2.75) is 61.4 Å². The fourth-order valence-corrected chi connectivity index (χ4v) is 5.90. The summed E-state index contributed by atoms with van der Waals surface area (Å²) in [6.07, 6.45) is 1.81. The summed E-state index contributed by atoms with van der Waals surface area (Å²) in [5.74, 6) is -0.360. The maximum Gasteiger partial charge on any atom is 0.161 e. The zero-order valence-corrected chi connectivity index (χ0v) is 15.6. The quantitative estimate of drug-likeness (QED) is 0.397. The molecule has 3 aliphatic rings. The number of rotatable bonds is 0. The lowest BCUT2D eigenvalue weighted by Gasteiger charge is -2.62. The van der Waals surface area contributed by atoms with Crippen LogP contribution >= 0.6 is 15.9 Å². The number of nitrogens with one attached hydrogen (secondary N) is 1. The molecule has 1 saturated heterocycles. The molecular weight excluding hydrogens is 374 g/mol. The van der Waals surface area contributed by atoms with Gasteiger partial charge in [-0.25, -0.2) is 0 Å². The zero-order chi connectivity index (χ0) is 17.7. The molecule has 1 aromatic rings. The van der Waals surface area contributed by atoms with Crippen molar-refractivity contribution in [2.24, 2.45) is 0 Å². The normalized spacial score (nSPS) is 36.9. The molecule has 0 radical (unpaired) electrons. The first-order valence-corrected chi connectivity index (χ1v) is 9.50. The lowest BCUT2D eigenvalue weighted by molar-refractivity contribution is -0.146. The lowest BCUT2D eigenvalue weighted by atomic mass is 9.49. The van der Waals surface area contributed by atoms with Crippen LogP contribution in [-0.2, 0) is 16.6 Å². The van der Waals surface area contributed by atoms with Crippen LogP contribution in [0.25, 0.3) is 0 Å². The van der Waals surface area contributed by atoms with E-state index in [1.54, 1.807) is 6.07 Å². The predicted octanol–water partition coefficient (Wildman–Crippen LogP) is 2.14. The van der Waals surface area contributed by atoms with E-state index in [2.05, 4.69) is 21.2 Å². The molecule has 0 amide bonds. The molecule has 6 heteroatoms. The summed E-state index contributed by atoms with van der Waals surface area (Å²) in [4.78, 5) is 11.8. The van der Waals surface area contributed by atoms with E-state index in [4.69, 9.17) is 0 Å². The highest BCUT2D eigenvalue weighted by atomic mass is 79.9. The minimum absolute atomic E-state index is 0.0425. The molecule has 4 unspecified atom stereocenters. The van der Waals surface area contributed by atoms with Crippen LogP contribution in [0.3, 0.4) is 0 Å². The number of hydrogen-bond donors (Lipinski definition) is 4. The molecule has 1 saturated carbocycles. The molecule has 4 N–H and O–H groups in total. The van der Waals surface area contributed by atoms with Gasteiger partial charge in [-0.05, 0) is 37.4 Å². The Balaban J connectivity index is 0.000000815. The van der Waals surface area contributed by atoms with Crippen molar-refractivity contribution in [1.82, 2.24) is 5.32 Å². The molecule has 4 atom stereocenters. The van der Waals surface area contributed by atoms with Crippen LogP contribution in [0.4, 0.5) is 0 Å². The molecule has 1 aromatic carbocycles. The minimum atomic E-state index is -1.11. The second-order valence-corrected chi connectivity index (χ2v) is 7.57. The van der Waals surface area contributed by atoms with Gasteiger partial charge in [0.2, 0.25) is 0 Å². The number of piperidine rings is 1. The van der Waals surface area contributed by atoms with Crippen LogP contribution < -0.4 is 5.32 Å². The van der Waals surface area contributed by atoms with Gasteiger partial charge in [0.15, 0.2) is 11.5 Å². The number of halogens is 1. The Morgan fingerprint density at radius 1 is 1.25 bits per heavy atom. The van der Waals surface area contributed by atoms with Gasteiger partial charge in [0.25, 0.3) is 0 Å². The molecule has 1 heterocycles. The van der Waals surface area contributed by atoms with Gasteiger partial charge in [-0.2, -0.15) is 0 Å². The molecular formula is C18H24BrNO4. The number of aliphatic hydroxyl groups is 1. The third kappa shape index (κ3) is 2.02. The monoisotopic (exact) mass is 397 g/mol. The first kappa shape index (κ1) is 17.7. The van der Waals surface area contributed by atoms with E-state index in [1.807, 2.05) is 13.8 Å². The smallest absolute Gasteiger partial charge is 0.161 e. The van der Waals surface area contributed by atoms with Gasteiger partial charge in [-0.3, -0.25) is 4.79 Å². The summed E-state index contributed by atoms with van der Waals surface area (Å²) in [5, 5.41) is 35.3. The number of hydrogen-bond acceptors (Lipinski definition) is 5. The van der Waals surface area contributed by atoms with E-state index in [-0.39, 0.29) is 23.3 Å². The Labute approximate surface area is 150 Å². The van der Waals surface area contributed by atoms with E-state index in [1.165, 1.54) is 6.07 Å². The lowest BCUT2D eigenvalue weighted by Crippen LogP contribution is -2.75. The highest BCUT2D eigenvalue weighted by Gasteiger charge is 2.67. The van der Waals surface area contributed by atoms with E-state index >= 15 is 0 Å². The number of Topliss-reactive ketones (excluding diaryl/α,β-unsaturated/α-hetero) is 1. The molecule has 1 aliphatic heterocycles. The standard InChI is InChI=1S/C16H18BrNO4.C2H6/c17-14-10(20)3-4-16(22)11-7-8-1-2-9(19)13(21)12(8)15(14,16)5-6-18-11;1-2/h1-2,11,14,18-19,21-22H,3-7H2;1-2H3.